The Labute approximate surface area is 182 Å². The highest BCUT2D eigenvalue weighted by atomic mass is 35.5. The van der Waals surface area contributed by atoms with Crippen LogP contribution >= 0.6 is 12.4 Å². The number of nitrogens with one attached hydrogen (secondary N) is 3. The molecule has 2 aliphatic rings. The molecule has 2 amide bonds. The minimum atomic E-state index is -0.533. The van der Waals surface area contributed by atoms with Crippen LogP contribution in [0.5, 0.6) is 0 Å². The predicted molar refractivity (Wildman–Crippen MR) is 118 cm³/mol. The van der Waals surface area contributed by atoms with Crippen molar-refractivity contribution in [1.82, 2.24) is 5.32 Å². The fraction of sp³-hybridized carbons (Fsp3) is 0.391. The summed E-state index contributed by atoms with van der Waals surface area (Å²) < 4.78 is 14.2. The Balaban J connectivity index is 0.00000256. The van der Waals surface area contributed by atoms with Gasteiger partial charge >= 0.3 is 0 Å². The van der Waals surface area contributed by atoms with E-state index in [-0.39, 0.29) is 42.4 Å². The van der Waals surface area contributed by atoms with Gasteiger partial charge in [-0.15, -0.1) is 12.4 Å². The maximum atomic E-state index is 14.2. The quantitative estimate of drug-likeness (QED) is 0.661. The molecule has 2 aromatic carbocycles. The van der Waals surface area contributed by atoms with Crippen LogP contribution in [0.2, 0.25) is 0 Å². The summed E-state index contributed by atoms with van der Waals surface area (Å²) in [6, 6.07) is 13.7. The second kappa shape index (κ2) is 10.0. The summed E-state index contributed by atoms with van der Waals surface area (Å²) in [6.45, 7) is 0. The van der Waals surface area contributed by atoms with Gasteiger partial charge in [-0.3, -0.25) is 9.59 Å². The molecule has 1 aliphatic heterocycles. The van der Waals surface area contributed by atoms with Gasteiger partial charge in [-0.1, -0.05) is 43.2 Å². The van der Waals surface area contributed by atoms with Gasteiger partial charge in [-0.2, -0.15) is 0 Å². The standard InChI is InChI=1S/C23H26FN3O2.ClH/c24-18-11-10-17(14-20(18)27-22(28)12-15-6-2-1-3-7-15)25-23(29)21-13-16-8-4-5-9-19(16)26-21;/h1-3,6-7,10-11,14,16,19,21,26H,4-5,8-9,12-13H2,(H,25,29)(H,27,28);1H. The average Bonchev–Trinajstić information content (AvgIpc) is 3.16. The molecule has 2 fully saturated rings. The number of amides is 2. The monoisotopic (exact) mass is 431 g/mol. The van der Waals surface area contributed by atoms with E-state index in [0.29, 0.717) is 17.6 Å². The molecule has 1 aliphatic carbocycles. The zero-order chi connectivity index (χ0) is 20.2. The van der Waals surface area contributed by atoms with Crippen LogP contribution in [0.1, 0.15) is 37.7 Å². The normalized spacial score (nSPS) is 22.5. The van der Waals surface area contributed by atoms with Crippen LogP contribution in [0.3, 0.4) is 0 Å². The third kappa shape index (κ3) is 5.37. The lowest BCUT2D eigenvalue weighted by Gasteiger charge is -2.24. The van der Waals surface area contributed by atoms with E-state index < -0.39 is 5.82 Å². The Kier molecular flexibility index (Phi) is 7.45. The Morgan fingerprint density at radius 3 is 2.57 bits per heavy atom. The molecule has 1 saturated carbocycles. The van der Waals surface area contributed by atoms with Gasteiger partial charge in [0, 0.05) is 11.7 Å². The Morgan fingerprint density at radius 1 is 1.03 bits per heavy atom. The van der Waals surface area contributed by atoms with Crippen molar-refractivity contribution in [3.8, 4) is 0 Å². The van der Waals surface area contributed by atoms with Gasteiger partial charge in [0.2, 0.25) is 11.8 Å². The molecule has 0 spiro atoms. The molecular weight excluding hydrogens is 405 g/mol. The van der Waals surface area contributed by atoms with Crippen LogP contribution in [0.4, 0.5) is 15.8 Å². The molecule has 30 heavy (non-hydrogen) atoms. The molecule has 160 valence electrons. The summed E-state index contributed by atoms with van der Waals surface area (Å²) in [5, 5.41) is 8.91. The van der Waals surface area contributed by atoms with Crippen molar-refractivity contribution in [3.05, 3.63) is 59.9 Å². The van der Waals surface area contributed by atoms with Crippen molar-refractivity contribution in [2.75, 3.05) is 10.6 Å². The first-order chi connectivity index (χ1) is 14.1. The number of carbonyl (C=O) groups is 2. The van der Waals surface area contributed by atoms with Crippen molar-refractivity contribution in [1.29, 1.82) is 0 Å². The maximum Gasteiger partial charge on any atom is 0.241 e. The van der Waals surface area contributed by atoms with Crippen LogP contribution < -0.4 is 16.0 Å². The SMILES string of the molecule is Cl.O=C(Cc1ccccc1)Nc1cc(NC(=O)C2CC3CCCCC3N2)ccc1F. The van der Waals surface area contributed by atoms with E-state index in [1.807, 2.05) is 30.3 Å². The van der Waals surface area contributed by atoms with Crippen molar-refractivity contribution < 1.29 is 14.0 Å². The number of anilines is 2. The first-order valence-corrected chi connectivity index (χ1v) is 10.3. The number of halogens is 2. The van der Waals surface area contributed by atoms with Crippen molar-refractivity contribution in [2.45, 2.75) is 50.6 Å². The van der Waals surface area contributed by atoms with Crippen LogP contribution in [0.25, 0.3) is 0 Å². The highest BCUT2D eigenvalue weighted by molar-refractivity contribution is 5.97. The largest absolute Gasteiger partial charge is 0.325 e. The molecule has 1 heterocycles. The summed E-state index contributed by atoms with van der Waals surface area (Å²) in [6.07, 6.45) is 5.76. The highest BCUT2D eigenvalue weighted by Gasteiger charge is 2.38. The first-order valence-electron chi connectivity index (χ1n) is 10.3. The molecule has 3 unspecified atom stereocenters. The molecular formula is C23H27ClFN3O2. The highest BCUT2D eigenvalue weighted by Crippen LogP contribution is 2.33. The summed E-state index contributed by atoms with van der Waals surface area (Å²) in [5.74, 6) is -0.373. The molecule has 4 rings (SSSR count). The number of benzene rings is 2. The molecule has 1 saturated heterocycles. The van der Waals surface area contributed by atoms with Gasteiger partial charge in [-0.25, -0.2) is 4.39 Å². The zero-order valence-corrected chi connectivity index (χ0v) is 17.5. The fourth-order valence-electron chi connectivity index (χ4n) is 4.42. The Hall–Kier alpha value is -2.44. The van der Waals surface area contributed by atoms with Gasteiger partial charge in [-0.05, 0) is 48.9 Å². The van der Waals surface area contributed by atoms with Gasteiger partial charge < -0.3 is 16.0 Å². The summed E-state index contributed by atoms with van der Waals surface area (Å²) in [5.41, 5.74) is 1.39. The number of hydrogen-bond acceptors (Lipinski definition) is 3. The molecule has 0 radical (unpaired) electrons. The molecule has 0 aromatic heterocycles. The van der Waals surface area contributed by atoms with E-state index in [9.17, 15) is 14.0 Å². The van der Waals surface area contributed by atoms with Crippen LogP contribution in [0.15, 0.2) is 48.5 Å². The minimum Gasteiger partial charge on any atom is -0.325 e. The molecule has 3 N–H and O–H groups in total. The van der Waals surface area contributed by atoms with E-state index in [1.54, 1.807) is 0 Å². The Bertz CT molecular complexity index is 879. The topological polar surface area (TPSA) is 70.2 Å². The van der Waals surface area contributed by atoms with E-state index in [0.717, 1.165) is 18.4 Å². The number of hydrogen-bond donors (Lipinski definition) is 3. The lowest BCUT2D eigenvalue weighted by atomic mass is 9.85. The van der Waals surface area contributed by atoms with Crippen molar-refractivity contribution in [3.63, 3.8) is 0 Å². The van der Waals surface area contributed by atoms with Gasteiger partial charge in [0.1, 0.15) is 5.82 Å². The number of carbonyl (C=O) groups excluding carboxylic acids is 2. The third-order valence-electron chi connectivity index (χ3n) is 5.89. The average molecular weight is 432 g/mol. The van der Waals surface area contributed by atoms with Gasteiger partial charge in [0.15, 0.2) is 0 Å². The number of fused-ring (bicyclic) bond motifs is 1. The van der Waals surface area contributed by atoms with E-state index in [1.165, 1.54) is 37.5 Å². The smallest absolute Gasteiger partial charge is 0.241 e. The second-order valence-corrected chi connectivity index (χ2v) is 8.00. The van der Waals surface area contributed by atoms with E-state index in [4.69, 9.17) is 0 Å². The van der Waals surface area contributed by atoms with Crippen molar-refractivity contribution >= 4 is 35.6 Å². The van der Waals surface area contributed by atoms with E-state index >= 15 is 0 Å². The fourth-order valence-corrected chi connectivity index (χ4v) is 4.42. The summed E-state index contributed by atoms with van der Waals surface area (Å²) in [4.78, 5) is 24.9. The second-order valence-electron chi connectivity index (χ2n) is 8.00. The number of rotatable bonds is 5. The molecule has 7 heteroatoms. The third-order valence-corrected chi connectivity index (χ3v) is 5.89. The van der Waals surface area contributed by atoms with Crippen LogP contribution in [-0.2, 0) is 16.0 Å². The summed E-state index contributed by atoms with van der Waals surface area (Å²) in [7, 11) is 0. The minimum absolute atomic E-state index is 0. The van der Waals surface area contributed by atoms with Gasteiger partial charge in [0.25, 0.3) is 0 Å². The Morgan fingerprint density at radius 2 is 1.80 bits per heavy atom. The maximum absolute atomic E-state index is 14.2. The first kappa shape index (κ1) is 22.2. The molecule has 3 atom stereocenters. The zero-order valence-electron chi connectivity index (χ0n) is 16.7. The predicted octanol–water partition coefficient (Wildman–Crippen LogP) is 4.29. The molecule has 5 nitrogen and oxygen atoms in total. The lowest BCUT2D eigenvalue weighted by molar-refractivity contribution is -0.118. The van der Waals surface area contributed by atoms with E-state index in [2.05, 4.69) is 16.0 Å². The van der Waals surface area contributed by atoms with Crippen LogP contribution in [-0.4, -0.2) is 23.9 Å². The molecule has 0 bridgehead atoms. The lowest BCUT2D eigenvalue weighted by Crippen LogP contribution is -2.39. The molecule has 2 aromatic rings. The summed E-state index contributed by atoms with van der Waals surface area (Å²) >= 11 is 0. The van der Waals surface area contributed by atoms with Crippen LogP contribution in [0, 0.1) is 11.7 Å². The van der Waals surface area contributed by atoms with Gasteiger partial charge in [0.05, 0.1) is 18.2 Å². The van der Waals surface area contributed by atoms with Crippen molar-refractivity contribution in [2.24, 2.45) is 5.92 Å².